The summed E-state index contributed by atoms with van der Waals surface area (Å²) in [5, 5.41) is 13.1. The fourth-order valence-electron chi connectivity index (χ4n) is 2.20. The van der Waals surface area contributed by atoms with Gasteiger partial charge in [0, 0.05) is 0 Å². The van der Waals surface area contributed by atoms with Crippen LogP contribution in [0, 0.1) is 11.3 Å². The van der Waals surface area contributed by atoms with Crippen molar-refractivity contribution in [2.75, 3.05) is 13.7 Å². The first-order valence-corrected chi connectivity index (χ1v) is 7.91. The smallest absolute Gasteiger partial charge is 0.261 e. The molecule has 0 aliphatic carbocycles. The topological polar surface area (TPSA) is 127 Å². The van der Waals surface area contributed by atoms with E-state index in [0.717, 1.165) is 0 Å². The first-order chi connectivity index (χ1) is 13.0. The van der Waals surface area contributed by atoms with E-state index >= 15 is 0 Å². The van der Waals surface area contributed by atoms with Gasteiger partial charge >= 0.3 is 0 Å². The van der Waals surface area contributed by atoms with Gasteiger partial charge in [0.25, 0.3) is 11.8 Å². The van der Waals surface area contributed by atoms with Gasteiger partial charge in [-0.1, -0.05) is 30.3 Å². The maximum Gasteiger partial charge on any atom is 0.261 e. The molecule has 0 radical (unpaired) electrons. The van der Waals surface area contributed by atoms with E-state index in [1.807, 2.05) is 6.07 Å². The van der Waals surface area contributed by atoms with Crippen LogP contribution in [0.5, 0.6) is 11.5 Å². The van der Waals surface area contributed by atoms with Crippen molar-refractivity contribution >= 4 is 18.0 Å². The Hall–Kier alpha value is -3.86. The number of carbonyl (C=O) groups excluding carboxylic acids is 2. The molecule has 0 spiro atoms. The summed E-state index contributed by atoms with van der Waals surface area (Å²) in [6.45, 7) is -0.269. The Morgan fingerprint density at radius 2 is 2.00 bits per heavy atom. The van der Waals surface area contributed by atoms with Crippen LogP contribution in [0.4, 0.5) is 0 Å². The number of rotatable bonds is 8. The van der Waals surface area contributed by atoms with Crippen LogP contribution in [0.3, 0.4) is 0 Å². The van der Waals surface area contributed by atoms with Crippen LogP contribution in [-0.4, -0.2) is 31.7 Å². The summed E-state index contributed by atoms with van der Waals surface area (Å²) >= 11 is 0. The van der Waals surface area contributed by atoms with Crippen molar-refractivity contribution < 1.29 is 19.1 Å². The van der Waals surface area contributed by atoms with Gasteiger partial charge in [-0.05, 0) is 29.3 Å². The molecule has 2 rings (SSSR count). The van der Waals surface area contributed by atoms with Gasteiger partial charge in [-0.3, -0.25) is 9.59 Å². The molecular formula is C19H18N4O4. The van der Waals surface area contributed by atoms with Gasteiger partial charge in [0.05, 0.1) is 19.4 Å². The fourth-order valence-corrected chi connectivity index (χ4v) is 2.20. The zero-order valence-corrected chi connectivity index (χ0v) is 14.6. The number of nitrogens with zero attached hydrogens (tertiary/aromatic N) is 2. The SMILES string of the molecule is COc1cc(/C=N\NC(=O)[C@@H](C#N)c2ccccc2)ccc1OCC(N)=O. The molecule has 0 aliphatic rings. The molecule has 2 amide bonds. The van der Waals surface area contributed by atoms with Crippen LogP contribution in [0.15, 0.2) is 53.6 Å². The van der Waals surface area contributed by atoms with Gasteiger partial charge in [0.15, 0.2) is 24.0 Å². The van der Waals surface area contributed by atoms with Crippen LogP contribution >= 0.6 is 0 Å². The van der Waals surface area contributed by atoms with Crippen LogP contribution in [-0.2, 0) is 9.59 Å². The van der Waals surface area contributed by atoms with E-state index in [2.05, 4.69) is 10.5 Å². The summed E-state index contributed by atoms with van der Waals surface area (Å²) in [6.07, 6.45) is 1.40. The van der Waals surface area contributed by atoms with E-state index in [1.165, 1.54) is 13.3 Å². The average molecular weight is 366 g/mol. The number of hydrogen-bond acceptors (Lipinski definition) is 6. The highest BCUT2D eigenvalue weighted by atomic mass is 16.5. The van der Waals surface area contributed by atoms with E-state index in [1.54, 1.807) is 48.5 Å². The molecule has 0 aliphatic heterocycles. The number of nitriles is 1. The highest BCUT2D eigenvalue weighted by Crippen LogP contribution is 2.27. The molecule has 0 saturated heterocycles. The third-order valence-corrected chi connectivity index (χ3v) is 3.47. The third kappa shape index (κ3) is 5.57. The van der Waals surface area contributed by atoms with Crippen molar-refractivity contribution in [1.29, 1.82) is 5.26 Å². The Kier molecular flexibility index (Phi) is 6.91. The number of nitrogens with one attached hydrogen (secondary N) is 1. The van der Waals surface area contributed by atoms with Gasteiger partial charge in [0.2, 0.25) is 0 Å². The van der Waals surface area contributed by atoms with E-state index in [-0.39, 0.29) is 6.61 Å². The number of methoxy groups -OCH3 is 1. The average Bonchev–Trinajstić information content (AvgIpc) is 2.68. The molecule has 2 aromatic carbocycles. The molecule has 138 valence electrons. The van der Waals surface area contributed by atoms with Crippen molar-refractivity contribution in [2.45, 2.75) is 5.92 Å². The minimum Gasteiger partial charge on any atom is -0.493 e. The number of amides is 2. The van der Waals surface area contributed by atoms with Gasteiger partial charge in [-0.25, -0.2) is 5.43 Å². The minimum absolute atomic E-state index is 0.269. The Bertz CT molecular complexity index is 875. The van der Waals surface area contributed by atoms with Crippen LogP contribution < -0.4 is 20.6 Å². The summed E-state index contributed by atoms with van der Waals surface area (Å²) < 4.78 is 10.4. The number of ether oxygens (including phenoxy) is 2. The standard InChI is InChI=1S/C19H18N4O4/c1-26-17-9-13(7-8-16(17)27-12-18(21)24)11-22-23-19(25)15(10-20)14-5-3-2-4-6-14/h2-9,11,15H,12H2,1H3,(H2,21,24)(H,23,25)/b22-11-/t15-/m0/s1. The van der Waals surface area contributed by atoms with Gasteiger partial charge < -0.3 is 15.2 Å². The molecule has 0 saturated carbocycles. The molecule has 0 bridgehead atoms. The monoisotopic (exact) mass is 366 g/mol. The molecule has 0 heterocycles. The summed E-state index contributed by atoms with van der Waals surface area (Å²) in [6, 6.07) is 15.5. The molecule has 8 nitrogen and oxygen atoms in total. The highest BCUT2D eigenvalue weighted by molar-refractivity contribution is 5.88. The molecule has 0 unspecified atom stereocenters. The Morgan fingerprint density at radius 1 is 1.26 bits per heavy atom. The molecule has 1 atom stereocenters. The highest BCUT2D eigenvalue weighted by Gasteiger charge is 2.19. The molecular weight excluding hydrogens is 348 g/mol. The Morgan fingerprint density at radius 3 is 2.63 bits per heavy atom. The molecule has 0 fully saturated rings. The van der Waals surface area contributed by atoms with Crippen LogP contribution in [0.1, 0.15) is 17.0 Å². The number of nitrogens with two attached hydrogens (primary N) is 1. The van der Waals surface area contributed by atoms with Gasteiger partial charge in [-0.15, -0.1) is 0 Å². The predicted octanol–water partition coefficient (Wildman–Crippen LogP) is 1.32. The van der Waals surface area contributed by atoms with Crippen molar-refractivity contribution in [3.8, 4) is 17.6 Å². The molecule has 0 aromatic heterocycles. The fraction of sp³-hybridized carbons (Fsp3) is 0.158. The van der Waals surface area contributed by atoms with Gasteiger partial charge in [-0.2, -0.15) is 10.4 Å². The molecule has 2 aromatic rings. The summed E-state index contributed by atoms with van der Waals surface area (Å²) in [7, 11) is 1.45. The Balaban J connectivity index is 2.04. The zero-order chi connectivity index (χ0) is 19.6. The second-order valence-electron chi connectivity index (χ2n) is 5.37. The van der Waals surface area contributed by atoms with Crippen molar-refractivity contribution in [3.63, 3.8) is 0 Å². The zero-order valence-electron chi connectivity index (χ0n) is 14.6. The third-order valence-electron chi connectivity index (χ3n) is 3.47. The number of hydrazone groups is 1. The molecule has 3 N–H and O–H groups in total. The maximum atomic E-state index is 12.2. The minimum atomic E-state index is -0.956. The second-order valence-corrected chi connectivity index (χ2v) is 5.37. The number of carbonyl (C=O) groups is 2. The van der Waals surface area contributed by atoms with Crippen molar-refractivity contribution in [3.05, 3.63) is 59.7 Å². The Labute approximate surface area is 156 Å². The first-order valence-electron chi connectivity index (χ1n) is 7.91. The first kappa shape index (κ1) is 19.5. The lowest BCUT2D eigenvalue weighted by Crippen LogP contribution is -2.24. The predicted molar refractivity (Wildman–Crippen MR) is 98.2 cm³/mol. The largest absolute Gasteiger partial charge is 0.493 e. The molecule has 27 heavy (non-hydrogen) atoms. The van der Waals surface area contributed by atoms with Gasteiger partial charge in [0.1, 0.15) is 0 Å². The quantitative estimate of drug-likeness (QED) is 0.538. The number of benzene rings is 2. The molecule has 8 heteroatoms. The van der Waals surface area contributed by atoms with Crippen LogP contribution in [0.2, 0.25) is 0 Å². The lowest BCUT2D eigenvalue weighted by Gasteiger charge is -2.10. The van der Waals surface area contributed by atoms with E-state index in [9.17, 15) is 14.9 Å². The van der Waals surface area contributed by atoms with Crippen molar-refractivity contribution in [2.24, 2.45) is 10.8 Å². The number of hydrogen-bond donors (Lipinski definition) is 2. The van der Waals surface area contributed by atoms with E-state index < -0.39 is 17.7 Å². The van der Waals surface area contributed by atoms with E-state index in [0.29, 0.717) is 22.6 Å². The number of primary amides is 1. The maximum absolute atomic E-state index is 12.2. The summed E-state index contributed by atoms with van der Waals surface area (Å²) in [4.78, 5) is 23.0. The lowest BCUT2D eigenvalue weighted by molar-refractivity contribution is -0.121. The summed E-state index contributed by atoms with van der Waals surface area (Å²) in [5.41, 5.74) is 8.60. The van der Waals surface area contributed by atoms with Crippen molar-refractivity contribution in [1.82, 2.24) is 5.43 Å². The second kappa shape index (κ2) is 9.58. The summed E-state index contributed by atoms with van der Waals surface area (Å²) in [5.74, 6) is -1.36. The van der Waals surface area contributed by atoms with Crippen LogP contribution in [0.25, 0.3) is 0 Å². The lowest BCUT2D eigenvalue weighted by atomic mass is 10.0. The normalized spacial score (nSPS) is 11.4. The van der Waals surface area contributed by atoms with E-state index in [4.69, 9.17) is 15.2 Å².